The minimum atomic E-state index is -11.2. The molecule has 0 aliphatic carbocycles. The molecular weight excluding hydrogens is 783 g/mol. The Morgan fingerprint density at radius 1 is 0.600 bits per heavy atom. The molecule has 1 nitrogen and oxygen atoms in total. The number of hydrogen-bond acceptors (Lipinski definition) is 2. The molecule has 45 heavy (non-hydrogen) atoms. The number of rotatable bonds is 7. The standard InChI is InChI=1S/C33H25Cl2OS2.6FH.Sb/c1-22-20-25(32(36)24-6-4-3-5-7-24)21-23(2)33(22)37-28-12-18-31(19-13-28)38(29-14-8-26(34)9-15-29)30-16-10-27(35)11-17-30;;;;;;;/h3-21H,1-2H3;6*1H;/q+1;;;;;;;+5/p-6. The molecule has 5 rings (SSSR count). The van der Waals surface area contributed by atoms with E-state index in [4.69, 9.17) is 23.2 Å². The van der Waals surface area contributed by atoms with Crippen molar-refractivity contribution in [2.24, 2.45) is 0 Å². The van der Waals surface area contributed by atoms with Gasteiger partial charge in [-0.15, -0.1) is 0 Å². The molecule has 0 aliphatic heterocycles. The first-order valence-corrected chi connectivity index (χ1v) is 21.7. The molecule has 0 aromatic heterocycles. The van der Waals surface area contributed by atoms with Crippen LogP contribution in [-0.4, -0.2) is 25.3 Å². The summed E-state index contributed by atoms with van der Waals surface area (Å²) in [7, 11) is -0.285. The SMILES string of the molecule is Cc1cc(C(=O)c2ccccc2)cc(C)c1Sc1ccc([S+](c2ccc(Cl)cc2)c2ccc(Cl)cc2)cc1.[F][Sb-]([F])([F])([F])([F])[F]. The Balaban J connectivity index is 0.000000591. The van der Waals surface area contributed by atoms with E-state index in [0.29, 0.717) is 5.56 Å². The van der Waals surface area contributed by atoms with Crippen molar-refractivity contribution >= 4 is 71.1 Å². The zero-order valence-electron chi connectivity index (χ0n) is 23.7. The fourth-order valence-corrected chi connectivity index (χ4v) is 7.55. The third kappa shape index (κ3) is 11.3. The van der Waals surface area contributed by atoms with Crippen LogP contribution in [0.4, 0.5) is 16.9 Å². The van der Waals surface area contributed by atoms with E-state index in [0.717, 1.165) is 31.6 Å². The van der Waals surface area contributed by atoms with Crippen LogP contribution in [0.15, 0.2) is 140 Å². The Kier molecular flexibility index (Phi) is 10.4. The van der Waals surface area contributed by atoms with Crippen molar-refractivity contribution in [1.29, 1.82) is 0 Å². The zero-order valence-corrected chi connectivity index (χ0v) is 29.4. The maximum absolute atomic E-state index is 13.0. The predicted octanol–water partition coefficient (Wildman–Crippen LogP) is 12.2. The summed E-state index contributed by atoms with van der Waals surface area (Å²) < 4.78 is 59.6. The van der Waals surface area contributed by atoms with Gasteiger partial charge in [-0.05, 0) is 110 Å². The molecule has 0 aliphatic rings. The van der Waals surface area contributed by atoms with Crippen LogP contribution in [0.1, 0.15) is 27.0 Å². The van der Waals surface area contributed by atoms with Gasteiger partial charge in [0, 0.05) is 31.0 Å². The Labute approximate surface area is 276 Å². The summed E-state index contributed by atoms with van der Waals surface area (Å²) >= 11 is 2.83. The van der Waals surface area contributed by atoms with Crippen LogP contribution in [0.2, 0.25) is 10.0 Å². The molecule has 0 atom stereocenters. The van der Waals surface area contributed by atoms with Gasteiger partial charge in [-0.3, -0.25) is 4.79 Å². The summed E-state index contributed by atoms with van der Waals surface area (Å²) in [4.78, 5) is 18.9. The van der Waals surface area contributed by atoms with Gasteiger partial charge in [0.25, 0.3) is 0 Å². The third-order valence-corrected chi connectivity index (χ3v) is 10.2. The first-order valence-electron chi connectivity index (χ1n) is 13.1. The van der Waals surface area contributed by atoms with Gasteiger partial charge in [0.05, 0.1) is 10.9 Å². The van der Waals surface area contributed by atoms with Crippen LogP contribution in [0.3, 0.4) is 0 Å². The van der Waals surface area contributed by atoms with E-state index in [9.17, 15) is 21.7 Å². The summed E-state index contributed by atoms with van der Waals surface area (Å²) in [6.07, 6.45) is 0. The zero-order chi connectivity index (χ0) is 33.1. The van der Waals surface area contributed by atoms with Gasteiger partial charge >= 0.3 is 36.4 Å². The Morgan fingerprint density at radius 3 is 1.38 bits per heavy atom. The van der Waals surface area contributed by atoms with Crippen molar-refractivity contribution in [3.8, 4) is 0 Å². The number of carbonyl (C=O) groups is 1. The number of halogens is 8. The molecule has 0 radical (unpaired) electrons. The first-order chi connectivity index (χ1) is 20.8. The molecule has 0 N–H and O–H groups in total. The Morgan fingerprint density at radius 2 is 0.978 bits per heavy atom. The fourth-order valence-electron chi connectivity index (χ4n) is 4.31. The quantitative estimate of drug-likeness (QED) is 0.0705. The molecule has 0 spiro atoms. The van der Waals surface area contributed by atoms with Gasteiger partial charge in [-0.25, -0.2) is 0 Å². The Bertz CT molecular complexity index is 1720. The van der Waals surface area contributed by atoms with Gasteiger partial charge in [0.2, 0.25) is 0 Å². The van der Waals surface area contributed by atoms with Crippen molar-refractivity contribution < 1.29 is 21.7 Å². The summed E-state index contributed by atoms with van der Waals surface area (Å²) in [5.41, 5.74) is 3.63. The molecular formula is C33H25Cl2F6OS2Sb. The van der Waals surface area contributed by atoms with Crippen LogP contribution in [0.5, 0.6) is 0 Å². The van der Waals surface area contributed by atoms with Gasteiger partial charge in [0.1, 0.15) is 0 Å². The van der Waals surface area contributed by atoms with E-state index < -0.39 is 19.5 Å². The molecule has 0 heterocycles. The molecule has 0 amide bonds. The third-order valence-electron chi connectivity index (χ3n) is 6.14. The fraction of sp³-hybridized carbons (Fsp3) is 0.0606. The number of ketones is 1. The summed E-state index contributed by atoms with van der Waals surface area (Å²) in [6.45, 7) is 4.15. The topological polar surface area (TPSA) is 17.1 Å². The summed E-state index contributed by atoms with van der Waals surface area (Å²) in [6, 6.07) is 38.3. The second-order valence-electron chi connectivity index (χ2n) is 9.88. The van der Waals surface area contributed by atoms with Crippen molar-refractivity contribution in [3.05, 3.63) is 148 Å². The average Bonchev–Trinajstić information content (AvgIpc) is 2.96. The van der Waals surface area contributed by atoms with E-state index in [1.54, 1.807) is 11.8 Å². The van der Waals surface area contributed by atoms with E-state index >= 15 is 0 Å². The second-order valence-corrected chi connectivity index (χ2v) is 19.3. The van der Waals surface area contributed by atoms with Crippen molar-refractivity contribution in [1.82, 2.24) is 0 Å². The van der Waals surface area contributed by atoms with E-state index in [-0.39, 0.29) is 16.7 Å². The summed E-state index contributed by atoms with van der Waals surface area (Å²) in [5, 5.41) is 1.45. The Hall–Kier alpha value is -2.55. The van der Waals surface area contributed by atoms with Gasteiger partial charge in [-0.1, -0.05) is 65.3 Å². The number of benzene rings is 5. The molecule has 12 heteroatoms. The number of hydrogen-bond donors (Lipinski definition) is 0. The van der Waals surface area contributed by atoms with Crippen LogP contribution in [0.25, 0.3) is 0 Å². The van der Waals surface area contributed by atoms with Gasteiger partial charge < -0.3 is 0 Å². The van der Waals surface area contributed by atoms with Crippen molar-refractivity contribution in [2.45, 2.75) is 38.3 Å². The molecule has 0 unspecified atom stereocenters. The van der Waals surface area contributed by atoms with E-state index in [1.807, 2.05) is 66.7 Å². The normalized spacial score (nSPS) is 13.0. The monoisotopic (exact) mass is 806 g/mol. The minimum absolute atomic E-state index is 0.0501. The second kappa shape index (κ2) is 13.3. The molecule has 0 bridgehead atoms. The summed E-state index contributed by atoms with van der Waals surface area (Å²) in [5.74, 6) is 0.0501. The van der Waals surface area contributed by atoms with Gasteiger partial charge in [-0.2, -0.15) is 0 Å². The molecule has 0 saturated heterocycles. The van der Waals surface area contributed by atoms with Crippen LogP contribution < -0.4 is 0 Å². The van der Waals surface area contributed by atoms with Crippen LogP contribution in [-0.2, 0) is 10.9 Å². The van der Waals surface area contributed by atoms with E-state index in [2.05, 4.69) is 62.4 Å². The first kappa shape index (κ1) is 35.3. The molecule has 5 aromatic rings. The van der Waals surface area contributed by atoms with Crippen LogP contribution in [0, 0.1) is 13.8 Å². The van der Waals surface area contributed by atoms with Crippen molar-refractivity contribution in [3.63, 3.8) is 0 Å². The van der Waals surface area contributed by atoms with Crippen LogP contribution >= 0.6 is 35.0 Å². The van der Waals surface area contributed by atoms with E-state index in [1.165, 1.54) is 19.6 Å². The molecule has 5 aromatic carbocycles. The van der Waals surface area contributed by atoms with Crippen molar-refractivity contribution in [2.75, 3.05) is 0 Å². The maximum atomic E-state index is 13.0. The molecule has 0 saturated carbocycles. The molecule has 236 valence electrons. The average molecular weight is 808 g/mol. The predicted molar refractivity (Wildman–Crippen MR) is 174 cm³/mol. The van der Waals surface area contributed by atoms with Gasteiger partial charge in [0.15, 0.2) is 20.5 Å². The number of carbonyl (C=O) groups excluding carboxylic acids is 1. The number of aryl methyl sites for hydroxylation is 2. The molecule has 0 fully saturated rings.